The minimum absolute atomic E-state index is 0.0305. The molecule has 0 saturated carbocycles. The summed E-state index contributed by atoms with van der Waals surface area (Å²) in [5, 5.41) is 40.8. The minimum atomic E-state index is -1.49. The van der Waals surface area contributed by atoms with E-state index in [1.807, 2.05) is 6.92 Å². The Morgan fingerprint density at radius 1 is 1.08 bits per heavy atom. The fourth-order valence-electron chi connectivity index (χ4n) is 2.44. The molecule has 9 heteroatoms. The number of hydrogen-bond donors (Lipinski definition) is 5. The van der Waals surface area contributed by atoms with Crippen molar-refractivity contribution in [1.82, 2.24) is 5.32 Å². The maximum atomic E-state index is 11.6. The third-order valence-corrected chi connectivity index (χ3v) is 4.06. The number of carbonyl (C=O) groups excluding carboxylic acids is 2. The van der Waals surface area contributed by atoms with Crippen molar-refractivity contribution in [3.05, 3.63) is 0 Å². The van der Waals surface area contributed by atoms with Crippen LogP contribution in [0, 0.1) is 0 Å². The van der Waals surface area contributed by atoms with Gasteiger partial charge in [-0.3, -0.25) is 9.59 Å². The van der Waals surface area contributed by atoms with E-state index in [-0.39, 0.29) is 24.8 Å². The fourth-order valence-corrected chi connectivity index (χ4v) is 2.44. The van der Waals surface area contributed by atoms with E-state index in [9.17, 15) is 24.9 Å². The van der Waals surface area contributed by atoms with Gasteiger partial charge in [0.25, 0.3) is 0 Å². The molecule has 1 saturated heterocycles. The van der Waals surface area contributed by atoms with E-state index in [4.69, 9.17) is 14.6 Å². The van der Waals surface area contributed by atoms with Gasteiger partial charge in [0.1, 0.15) is 30.2 Å². The number of aliphatic hydroxyl groups is 4. The van der Waals surface area contributed by atoms with Gasteiger partial charge in [0.15, 0.2) is 6.29 Å². The van der Waals surface area contributed by atoms with Gasteiger partial charge in [0.05, 0.1) is 13.2 Å². The van der Waals surface area contributed by atoms with E-state index in [2.05, 4.69) is 5.32 Å². The maximum Gasteiger partial charge on any atom is 0.220 e. The van der Waals surface area contributed by atoms with Crippen molar-refractivity contribution in [1.29, 1.82) is 0 Å². The molecule has 1 aliphatic rings. The molecular formula is C16H29NO8. The van der Waals surface area contributed by atoms with Gasteiger partial charge in [-0.1, -0.05) is 6.92 Å². The summed E-state index contributed by atoms with van der Waals surface area (Å²) in [7, 11) is 0. The number of amides is 1. The van der Waals surface area contributed by atoms with Crippen LogP contribution in [0.1, 0.15) is 39.0 Å². The predicted molar refractivity (Wildman–Crippen MR) is 86.5 cm³/mol. The molecule has 0 radical (unpaired) electrons. The normalized spacial score (nSPS) is 29.4. The molecule has 0 unspecified atom stereocenters. The summed E-state index contributed by atoms with van der Waals surface area (Å²) < 4.78 is 10.4. The summed E-state index contributed by atoms with van der Waals surface area (Å²) in [4.78, 5) is 22.8. The zero-order valence-electron chi connectivity index (χ0n) is 14.5. The van der Waals surface area contributed by atoms with E-state index in [1.165, 1.54) is 0 Å². The molecule has 0 aliphatic carbocycles. The summed E-state index contributed by atoms with van der Waals surface area (Å²) in [6, 6.07) is 0. The Kier molecular flexibility index (Phi) is 10.1. The molecule has 146 valence electrons. The van der Waals surface area contributed by atoms with Crippen molar-refractivity contribution < 1.29 is 39.5 Å². The van der Waals surface area contributed by atoms with Crippen molar-refractivity contribution in [3.8, 4) is 0 Å². The molecule has 25 heavy (non-hydrogen) atoms. The maximum absolute atomic E-state index is 11.6. The molecule has 0 spiro atoms. The highest BCUT2D eigenvalue weighted by Gasteiger charge is 2.43. The lowest BCUT2D eigenvalue weighted by molar-refractivity contribution is -0.300. The van der Waals surface area contributed by atoms with Crippen molar-refractivity contribution in [3.63, 3.8) is 0 Å². The molecular weight excluding hydrogens is 334 g/mol. The first-order chi connectivity index (χ1) is 11.9. The van der Waals surface area contributed by atoms with Gasteiger partial charge in [0, 0.05) is 25.8 Å². The van der Waals surface area contributed by atoms with Crippen molar-refractivity contribution in [2.45, 2.75) is 69.7 Å². The van der Waals surface area contributed by atoms with Gasteiger partial charge in [-0.15, -0.1) is 0 Å². The van der Waals surface area contributed by atoms with Gasteiger partial charge < -0.3 is 35.2 Å². The van der Waals surface area contributed by atoms with Gasteiger partial charge in [-0.2, -0.15) is 0 Å². The first-order valence-corrected chi connectivity index (χ1v) is 8.61. The second-order valence-electron chi connectivity index (χ2n) is 6.02. The number of Topliss-reactive ketones (excluding diaryl/α,β-unsaturated/α-hetero) is 1. The van der Waals surface area contributed by atoms with Crippen LogP contribution in [0.5, 0.6) is 0 Å². The molecule has 0 aromatic heterocycles. The summed E-state index contributed by atoms with van der Waals surface area (Å²) in [6.07, 6.45) is -3.97. The molecule has 0 bridgehead atoms. The van der Waals surface area contributed by atoms with Gasteiger partial charge in [0.2, 0.25) is 5.91 Å². The Balaban J connectivity index is 2.17. The number of unbranched alkanes of at least 4 members (excludes halogenated alkanes) is 1. The fraction of sp³-hybridized carbons (Fsp3) is 0.875. The summed E-state index contributed by atoms with van der Waals surface area (Å²) in [5.41, 5.74) is 0. The van der Waals surface area contributed by atoms with Gasteiger partial charge in [-0.05, 0) is 12.8 Å². The van der Waals surface area contributed by atoms with Crippen molar-refractivity contribution >= 4 is 11.7 Å². The third-order valence-electron chi connectivity index (χ3n) is 4.06. The molecule has 0 aromatic rings. The number of nitrogens with one attached hydrogen (secondary N) is 1. The Hall–Kier alpha value is -1.10. The smallest absolute Gasteiger partial charge is 0.220 e. The lowest BCUT2D eigenvalue weighted by atomic mass is 9.99. The monoisotopic (exact) mass is 363 g/mol. The van der Waals surface area contributed by atoms with E-state index in [1.54, 1.807) is 0 Å². The van der Waals surface area contributed by atoms with E-state index >= 15 is 0 Å². The van der Waals surface area contributed by atoms with E-state index in [0.29, 0.717) is 32.1 Å². The Bertz CT molecular complexity index is 417. The SMILES string of the molecule is CCC(=O)CCCCC(=O)NCCO[C@@H]1O[C@H](CO)[C@@H](O)[C@H](O)[C@H]1O. The van der Waals surface area contributed by atoms with Crippen LogP contribution in [-0.4, -0.2) is 82.6 Å². The number of ketones is 1. The molecule has 1 heterocycles. The Morgan fingerprint density at radius 3 is 2.40 bits per heavy atom. The molecule has 9 nitrogen and oxygen atoms in total. The minimum Gasteiger partial charge on any atom is -0.394 e. The summed E-state index contributed by atoms with van der Waals surface area (Å²) >= 11 is 0. The average Bonchev–Trinajstić information content (AvgIpc) is 2.61. The lowest BCUT2D eigenvalue weighted by Gasteiger charge is -2.39. The number of hydrogen-bond acceptors (Lipinski definition) is 8. The molecule has 5 N–H and O–H groups in total. The summed E-state index contributed by atoms with van der Waals surface area (Å²) in [5.74, 6) is 0.0229. The number of rotatable bonds is 11. The topological polar surface area (TPSA) is 146 Å². The zero-order chi connectivity index (χ0) is 18.8. The second-order valence-corrected chi connectivity index (χ2v) is 6.02. The first kappa shape index (κ1) is 21.9. The van der Waals surface area contributed by atoms with E-state index in [0.717, 1.165) is 0 Å². The Labute approximate surface area is 146 Å². The predicted octanol–water partition coefficient (Wildman–Crippen LogP) is -1.54. The van der Waals surface area contributed by atoms with Crippen molar-refractivity contribution in [2.24, 2.45) is 0 Å². The number of aliphatic hydroxyl groups excluding tert-OH is 4. The molecule has 1 amide bonds. The van der Waals surface area contributed by atoms with Gasteiger partial charge >= 0.3 is 0 Å². The van der Waals surface area contributed by atoms with Crippen LogP contribution in [0.15, 0.2) is 0 Å². The third kappa shape index (κ3) is 7.35. The molecule has 0 aromatic carbocycles. The lowest BCUT2D eigenvalue weighted by Crippen LogP contribution is -2.59. The molecule has 1 rings (SSSR count). The van der Waals surface area contributed by atoms with Crippen LogP contribution in [0.4, 0.5) is 0 Å². The molecule has 5 atom stereocenters. The number of carbonyl (C=O) groups is 2. The highest BCUT2D eigenvalue weighted by Crippen LogP contribution is 2.21. The van der Waals surface area contributed by atoms with Crippen LogP contribution < -0.4 is 5.32 Å². The van der Waals surface area contributed by atoms with Crippen LogP contribution >= 0.6 is 0 Å². The van der Waals surface area contributed by atoms with Crippen LogP contribution in [0.3, 0.4) is 0 Å². The van der Waals surface area contributed by atoms with Gasteiger partial charge in [-0.25, -0.2) is 0 Å². The summed E-state index contributed by atoms with van der Waals surface area (Å²) in [6.45, 7) is 1.50. The largest absolute Gasteiger partial charge is 0.394 e. The zero-order valence-corrected chi connectivity index (χ0v) is 14.5. The highest BCUT2D eigenvalue weighted by molar-refractivity contribution is 5.78. The molecule has 1 fully saturated rings. The van der Waals surface area contributed by atoms with E-state index < -0.39 is 37.3 Å². The van der Waals surface area contributed by atoms with Crippen LogP contribution in [0.2, 0.25) is 0 Å². The quantitative estimate of drug-likeness (QED) is 0.278. The first-order valence-electron chi connectivity index (χ1n) is 8.61. The average molecular weight is 363 g/mol. The standard InChI is InChI=1S/C16H29NO8/c1-2-10(19)5-3-4-6-12(20)17-7-8-24-16-15(23)14(22)13(21)11(9-18)25-16/h11,13-16,18,21-23H,2-9H2,1H3,(H,17,20)/t11-,13-,14+,15-,16-/m1/s1. The second kappa shape index (κ2) is 11.5. The van der Waals surface area contributed by atoms with Crippen molar-refractivity contribution in [2.75, 3.05) is 19.8 Å². The van der Waals surface area contributed by atoms with Crippen LogP contribution in [0.25, 0.3) is 0 Å². The molecule has 1 aliphatic heterocycles. The Morgan fingerprint density at radius 2 is 1.76 bits per heavy atom. The number of ether oxygens (including phenoxy) is 2. The highest BCUT2D eigenvalue weighted by atomic mass is 16.7. The van der Waals surface area contributed by atoms with Crippen LogP contribution in [-0.2, 0) is 19.1 Å².